The number of hydrogen-bond acceptors (Lipinski definition) is 2. The van der Waals surface area contributed by atoms with Crippen molar-refractivity contribution in [2.45, 2.75) is 19.5 Å². The van der Waals surface area contributed by atoms with E-state index in [9.17, 15) is 0 Å². The number of anilines is 1. The Morgan fingerprint density at radius 1 is 1.16 bits per heavy atom. The number of halogens is 1. The van der Waals surface area contributed by atoms with E-state index in [0.29, 0.717) is 5.11 Å². The average Bonchev–Trinajstić information content (AvgIpc) is 3.04. The van der Waals surface area contributed by atoms with E-state index in [4.69, 9.17) is 12.2 Å². The minimum absolute atomic E-state index is 0.138. The lowest BCUT2D eigenvalue weighted by Crippen LogP contribution is -2.30. The third-order valence-corrected chi connectivity index (χ3v) is 4.54. The molecule has 1 unspecified atom stereocenters. The number of hydrogen-bond donors (Lipinski definition) is 2. The predicted octanol–water partition coefficient (Wildman–Crippen LogP) is 4.74. The number of benzene rings is 2. The molecule has 1 atom stereocenters. The lowest BCUT2D eigenvalue weighted by Gasteiger charge is -2.16. The summed E-state index contributed by atoms with van der Waals surface area (Å²) >= 11 is 8.85. The molecule has 0 spiro atoms. The highest BCUT2D eigenvalue weighted by Crippen LogP contribution is 2.14. The first-order valence-corrected chi connectivity index (χ1v) is 9.19. The van der Waals surface area contributed by atoms with Crippen LogP contribution in [0.3, 0.4) is 0 Å². The van der Waals surface area contributed by atoms with Crippen molar-refractivity contribution in [3.05, 3.63) is 82.6 Å². The molecule has 128 valence electrons. The smallest absolute Gasteiger partial charge is 0.171 e. The summed E-state index contributed by atoms with van der Waals surface area (Å²) in [4.78, 5) is 0. The van der Waals surface area contributed by atoms with Crippen LogP contribution in [0, 0.1) is 0 Å². The molecule has 0 saturated carbocycles. The number of rotatable bonds is 5. The van der Waals surface area contributed by atoms with Crippen molar-refractivity contribution < 1.29 is 0 Å². The van der Waals surface area contributed by atoms with Gasteiger partial charge in [0.1, 0.15) is 0 Å². The maximum absolute atomic E-state index is 5.40. The fourth-order valence-electron chi connectivity index (χ4n) is 2.48. The Labute approximate surface area is 161 Å². The number of nitrogens with one attached hydrogen (secondary N) is 2. The topological polar surface area (TPSA) is 41.9 Å². The van der Waals surface area contributed by atoms with Crippen LogP contribution in [0.2, 0.25) is 0 Å². The van der Waals surface area contributed by atoms with Gasteiger partial charge >= 0.3 is 0 Å². The first-order chi connectivity index (χ1) is 12.1. The standard InChI is InChI=1S/C19H19BrN4S/c1-14(16-5-3-2-4-6-16)22-19(25)23-18-11-21-24(13-18)12-15-7-9-17(20)10-8-15/h2-11,13-14H,12H2,1H3,(H2,22,23,25). The first-order valence-electron chi connectivity index (χ1n) is 7.99. The van der Waals surface area contributed by atoms with E-state index in [1.54, 1.807) is 6.20 Å². The molecule has 3 rings (SSSR count). The van der Waals surface area contributed by atoms with Gasteiger partial charge < -0.3 is 10.6 Å². The maximum Gasteiger partial charge on any atom is 0.171 e. The zero-order chi connectivity index (χ0) is 17.6. The molecule has 2 N–H and O–H groups in total. The van der Waals surface area contributed by atoms with Gasteiger partial charge in [0.15, 0.2) is 5.11 Å². The van der Waals surface area contributed by atoms with Gasteiger partial charge in [-0.05, 0) is 42.4 Å². The molecule has 1 heterocycles. The highest BCUT2D eigenvalue weighted by Gasteiger charge is 2.07. The second-order valence-electron chi connectivity index (χ2n) is 5.78. The second-order valence-corrected chi connectivity index (χ2v) is 7.11. The van der Waals surface area contributed by atoms with Crippen molar-refractivity contribution >= 4 is 38.9 Å². The lowest BCUT2D eigenvalue weighted by molar-refractivity contribution is 0.687. The van der Waals surface area contributed by atoms with E-state index in [1.807, 2.05) is 41.2 Å². The van der Waals surface area contributed by atoms with Gasteiger partial charge in [-0.1, -0.05) is 58.4 Å². The molecule has 0 aliphatic heterocycles. The van der Waals surface area contributed by atoms with Gasteiger partial charge in [-0.2, -0.15) is 5.10 Å². The highest BCUT2D eigenvalue weighted by molar-refractivity contribution is 9.10. The zero-order valence-electron chi connectivity index (χ0n) is 13.8. The quantitative estimate of drug-likeness (QED) is 0.591. The lowest BCUT2D eigenvalue weighted by atomic mass is 10.1. The molecule has 0 radical (unpaired) electrons. The van der Waals surface area contributed by atoms with Crippen LogP contribution in [-0.4, -0.2) is 14.9 Å². The summed E-state index contributed by atoms with van der Waals surface area (Å²) in [5.74, 6) is 0. The van der Waals surface area contributed by atoms with Crippen LogP contribution in [0.5, 0.6) is 0 Å². The Morgan fingerprint density at radius 2 is 1.88 bits per heavy atom. The molecule has 25 heavy (non-hydrogen) atoms. The molecule has 0 aliphatic carbocycles. The first kappa shape index (κ1) is 17.6. The Balaban J connectivity index is 1.55. The Morgan fingerprint density at radius 3 is 2.60 bits per heavy atom. The van der Waals surface area contributed by atoms with E-state index in [0.717, 1.165) is 16.7 Å². The van der Waals surface area contributed by atoms with Crippen molar-refractivity contribution in [3.63, 3.8) is 0 Å². The normalized spacial score (nSPS) is 11.8. The van der Waals surface area contributed by atoms with Gasteiger partial charge in [-0.25, -0.2) is 0 Å². The van der Waals surface area contributed by atoms with Gasteiger partial charge in [-0.3, -0.25) is 4.68 Å². The summed E-state index contributed by atoms with van der Waals surface area (Å²) in [7, 11) is 0. The Bertz CT molecular complexity index is 830. The monoisotopic (exact) mass is 414 g/mol. The highest BCUT2D eigenvalue weighted by atomic mass is 79.9. The maximum atomic E-state index is 5.40. The van der Waals surface area contributed by atoms with Crippen LogP contribution < -0.4 is 10.6 Å². The summed E-state index contributed by atoms with van der Waals surface area (Å²) in [5.41, 5.74) is 3.25. The molecule has 2 aromatic carbocycles. The fraction of sp³-hybridized carbons (Fsp3) is 0.158. The number of aromatic nitrogens is 2. The van der Waals surface area contributed by atoms with Crippen molar-refractivity contribution in [1.82, 2.24) is 15.1 Å². The van der Waals surface area contributed by atoms with Crippen LogP contribution in [0.25, 0.3) is 0 Å². The van der Waals surface area contributed by atoms with E-state index >= 15 is 0 Å². The molecule has 3 aromatic rings. The molecule has 0 fully saturated rings. The number of nitrogens with zero attached hydrogens (tertiary/aromatic N) is 2. The van der Waals surface area contributed by atoms with Gasteiger partial charge in [0.2, 0.25) is 0 Å². The minimum Gasteiger partial charge on any atom is -0.356 e. The van der Waals surface area contributed by atoms with Crippen molar-refractivity contribution in [1.29, 1.82) is 0 Å². The van der Waals surface area contributed by atoms with Crippen LogP contribution in [-0.2, 0) is 6.54 Å². The van der Waals surface area contributed by atoms with E-state index in [2.05, 4.69) is 62.9 Å². The van der Waals surface area contributed by atoms with Crippen LogP contribution in [0.15, 0.2) is 71.5 Å². The molecule has 0 saturated heterocycles. The largest absolute Gasteiger partial charge is 0.356 e. The molecule has 6 heteroatoms. The SMILES string of the molecule is CC(NC(=S)Nc1cnn(Cc2ccc(Br)cc2)c1)c1ccccc1. The molecular weight excluding hydrogens is 396 g/mol. The second kappa shape index (κ2) is 8.27. The molecule has 0 amide bonds. The van der Waals surface area contributed by atoms with Gasteiger partial charge in [0.05, 0.1) is 24.5 Å². The average molecular weight is 415 g/mol. The fourth-order valence-corrected chi connectivity index (χ4v) is 3.04. The van der Waals surface area contributed by atoms with E-state index in [1.165, 1.54) is 11.1 Å². The van der Waals surface area contributed by atoms with Crippen molar-refractivity contribution in [3.8, 4) is 0 Å². The van der Waals surface area contributed by atoms with Gasteiger partial charge in [0.25, 0.3) is 0 Å². The van der Waals surface area contributed by atoms with Crippen molar-refractivity contribution in [2.24, 2.45) is 0 Å². The summed E-state index contributed by atoms with van der Waals surface area (Å²) < 4.78 is 2.96. The molecular formula is C19H19BrN4S. The van der Waals surface area contributed by atoms with E-state index < -0.39 is 0 Å². The van der Waals surface area contributed by atoms with Crippen LogP contribution >= 0.6 is 28.1 Å². The Hall–Kier alpha value is -2.18. The summed E-state index contributed by atoms with van der Waals surface area (Å²) in [5, 5.41) is 11.4. The Kier molecular flexibility index (Phi) is 5.83. The third-order valence-electron chi connectivity index (χ3n) is 3.80. The van der Waals surface area contributed by atoms with Crippen LogP contribution in [0.4, 0.5) is 5.69 Å². The molecule has 1 aromatic heterocycles. The third kappa shape index (κ3) is 5.14. The molecule has 0 bridgehead atoms. The summed E-state index contributed by atoms with van der Waals surface area (Å²) in [6, 6.07) is 18.6. The van der Waals surface area contributed by atoms with Gasteiger partial charge in [-0.15, -0.1) is 0 Å². The molecule has 4 nitrogen and oxygen atoms in total. The molecule has 0 aliphatic rings. The predicted molar refractivity (Wildman–Crippen MR) is 110 cm³/mol. The van der Waals surface area contributed by atoms with Gasteiger partial charge in [0, 0.05) is 10.7 Å². The summed E-state index contributed by atoms with van der Waals surface area (Å²) in [6.07, 6.45) is 3.73. The van der Waals surface area contributed by atoms with Crippen LogP contribution in [0.1, 0.15) is 24.1 Å². The van der Waals surface area contributed by atoms with Crippen molar-refractivity contribution in [2.75, 3.05) is 5.32 Å². The minimum atomic E-state index is 0.138. The number of thiocarbonyl (C=S) groups is 1. The zero-order valence-corrected chi connectivity index (χ0v) is 16.2. The van der Waals surface area contributed by atoms with E-state index in [-0.39, 0.29) is 6.04 Å². The summed E-state index contributed by atoms with van der Waals surface area (Å²) in [6.45, 7) is 2.80.